The Hall–Kier alpha value is -2.28. The molecule has 0 unspecified atom stereocenters. The smallest absolute Gasteiger partial charge is 0.418 e. The van der Waals surface area contributed by atoms with E-state index in [1.807, 2.05) is 5.32 Å². The number of aromatic nitrogens is 1. The number of nitrogens with one attached hydrogen (secondary N) is 1. The van der Waals surface area contributed by atoms with Crippen LogP contribution in [0.5, 0.6) is 5.75 Å². The second-order valence-electron chi connectivity index (χ2n) is 3.99. The van der Waals surface area contributed by atoms with E-state index >= 15 is 0 Å². The number of carbonyl (C=O) groups excluding carboxylic acids is 1. The molecule has 0 aliphatic heterocycles. The van der Waals surface area contributed by atoms with Crippen molar-refractivity contribution in [3.63, 3.8) is 0 Å². The van der Waals surface area contributed by atoms with Gasteiger partial charge in [0.2, 0.25) is 0 Å². The Morgan fingerprint density at radius 2 is 1.95 bits per heavy atom. The van der Waals surface area contributed by atoms with Crippen molar-refractivity contribution in [3.8, 4) is 5.75 Å². The van der Waals surface area contributed by atoms with Crippen LogP contribution in [0.25, 0.3) is 0 Å². The van der Waals surface area contributed by atoms with Gasteiger partial charge in [-0.3, -0.25) is 4.79 Å². The molecule has 0 saturated carbocycles. The SMILES string of the molecule is O=C(Nc1c(Cl)cccc1C(F)(F)F)c1ncccc1O. The van der Waals surface area contributed by atoms with Gasteiger partial charge >= 0.3 is 6.18 Å². The Labute approximate surface area is 122 Å². The molecule has 0 atom stereocenters. The third kappa shape index (κ3) is 3.25. The lowest BCUT2D eigenvalue weighted by molar-refractivity contribution is -0.136. The number of amides is 1. The minimum absolute atomic E-state index is 0.270. The number of hydrogen-bond donors (Lipinski definition) is 2. The maximum atomic E-state index is 12.9. The fourth-order valence-electron chi connectivity index (χ4n) is 1.63. The molecule has 0 spiro atoms. The van der Waals surface area contributed by atoms with E-state index in [-0.39, 0.29) is 5.02 Å². The number of pyridine rings is 1. The average Bonchev–Trinajstić information content (AvgIpc) is 2.40. The predicted octanol–water partition coefficient (Wildman–Crippen LogP) is 3.71. The molecule has 4 nitrogen and oxygen atoms in total. The molecule has 2 rings (SSSR count). The van der Waals surface area contributed by atoms with Gasteiger partial charge in [0.15, 0.2) is 5.69 Å². The van der Waals surface area contributed by atoms with Gasteiger partial charge < -0.3 is 10.4 Å². The Bertz CT molecular complexity index is 689. The van der Waals surface area contributed by atoms with Gasteiger partial charge in [-0.05, 0) is 24.3 Å². The Kier molecular flexibility index (Phi) is 4.04. The summed E-state index contributed by atoms with van der Waals surface area (Å²) in [6, 6.07) is 5.70. The topological polar surface area (TPSA) is 62.2 Å². The molecule has 0 fully saturated rings. The maximum absolute atomic E-state index is 12.9. The van der Waals surface area contributed by atoms with E-state index in [1.54, 1.807) is 0 Å². The zero-order valence-electron chi connectivity index (χ0n) is 10.3. The van der Waals surface area contributed by atoms with E-state index in [2.05, 4.69) is 4.98 Å². The molecule has 1 heterocycles. The summed E-state index contributed by atoms with van der Waals surface area (Å²) in [6.45, 7) is 0. The summed E-state index contributed by atoms with van der Waals surface area (Å²) in [5, 5.41) is 11.2. The van der Waals surface area contributed by atoms with E-state index in [0.29, 0.717) is 0 Å². The number of carbonyl (C=O) groups is 1. The van der Waals surface area contributed by atoms with E-state index < -0.39 is 34.8 Å². The van der Waals surface area contributed by atoms with E-state index in [4.69, 9.17) is 11.6 Å². The molecular formula is C13H8ClF3N2O2. The molecule has 8 heteroatoms. The molecule has 0 aliphatic carbocycles. The maximum Gasteiger partial charge on any atom is 0.418 e. The van der Waals surface area contributed by atoms with Crippen molar-refractivity contribution in [2.45, 2.75) is 6.18 Å². The molecule has 21 heavy (non-hydrogen) atoms. The highest BCUT2D eigenvalue weighted by molar-refractivity contribution is 6.34. The molecule has 1 aromatic carbocycles. The number of nitrogens with zero attached hydrogens (tertiary/aromatic N) is 1. The Morgan fingerprint density at radius 1 is 1.24 bits per heavy atom. The van der Waals surface area contributed by atoms with Gasteiger partial charge in [0, 0.05) is 6.20 Å². The first-order valence-electron chi connectivity index (χ1n) is 5.61. The lowest BCUT2D eigenvalue weighted by Crippen LogP contribution is -2.18. The predicted molar refractivity (Wildman–Crippen MR) is 70.3 cm³/mol. The van der Waals surface area contributed by atoms with Crippen LogP contribution in [0, 0.1) is 0 Å². The fourth-order valence-corrected chi connectivity index (χ4v) is 1.85. The third-order valence-electron chi connectivity index (χ3n) is 2.56. The number of rotatable bonds is 2. The van der Waals surface area contributed by atoms with Gasteiger partial charge in [-0.1, -0.05) is 17.7 Å². The van der Waals surface area contributed by atoms with Crippen LogP contribution in [0.3, 0.4) is 0 Å². The lowest BCUT2D eigenvalue weighted by atomic mass is 10.1. The molecule has 0 saturated heterocycles. The monoisotopic (exact) mass is 316 g/mol. The van der Waals surface area contributed by atoms with Crippen LogP contribution in [0.4, 0.5) is 18.9 Å². The highest BCUT2D eigenvalue weighted by Crippen LogP contribution is 2.38. The van der Waals surface area contributed by atoms with Crippen molar-refractivity contribution < 1.29 is 23.1 Å². The van der Waals surface area contributed by atoms with Gasteiger partial charge in [0.25, 0.3) is 5.91 Å². The van der Waals surface area contributed by atoms with E-state index in [0.717, 1.165) is 12.1 Å². The highest BCUT2D eigenvalue weighted by Gasteiger charge is 2.35. The fraction of sp³-hybridized carbons (Fsp3) is 0.0769. The van der Waals surface area contributed by atoms with Crippen LogP contribution in [0.2, 0.25) is 5.02 Å². The first-order chi connectivity index (χ1) is 9.80. The van der Waals surface area contributed by atoms with Gasteiger partial charge in [0.05, 0.1) is 16.3 Å². The third-order valence-corrected chi connectivity index (χ3v) is 2.87. The van der Waals surface area contributed by atoms with Crippen LogP contribution in [-0.2, 0) is 6.18 Å². The summed E-state index contributed by atoms with van der Waals surface area (Å²) >= 11 is 5.71. The van der Waals surface area contributed by atoms with Crippen LogP contribution in [0.15, 0.2) is 36.5 Å². The number of halogens is 4. The molecule has 1 amide bonds. The van der Waals surface area contributed by atoms with Crippen molar-refractivity contribution in [3.05, 3.63) is 52.8 Å². The summed E-state index contributed by atoms with van der Waals surface area (Å²) in [6.07, 6.45) is -3.45. The summed E-state index contributed by atoms with van der Waals surface area (Å²) in [4.78, 5) is 15.5. The molecule has 0 aliphatic rings. The van der Waals surface area contributed by atoms with E-state index in [9.17, 15) is 23.1 Å². The van der Waals surface area contributed by atoms with Gasteiger partial charge in [-0.25, -0.2) is 4.98 Å². The molecule has 2 N–H and O–H groups in total. The normalized spacial score (nSPS) is 11.2. The zero-order chi connectivity index (χ0) is 15.6. The number of alkyl halides is 3. The molecular weight excluding hydrogens is 309 g/mol. The van der Waals surface area contributed by atoms with Crippen molar-refractivity contribution in [2.24, 2.45) is 0 Å². The first-order valence-corrected chi connectivity index (χ1v) is 5.99. The van der Waals surface area contributed by atoms with Gasteiger partial charge in [-0.2, -0.15) is 13.2 Å². The standard InChI is InChI=1S/C13H8ClF3N2O2/c14-8-4-1-3-7(13(15,16)17)10(8)19-12(21)11-9(20)5-2-6-18-11/h1-6,20H,(H,19,21). The average molecular weight is 317 g/mol. The summed E-state index contributed by atoms with van der Waals surface area (Å²) < 4.78 is 38.7. The van der Waals surface area contributed by atoms with Crippen LogP contribution < -0.4 is 5.32 Å². The van der Waals surface area contributed by atoms with Crippen LogP contribution in [-0.4, -0.2) is 16.0 Å². The van der Waals surface area contributed by atoms with Gasteiger partial charge in [0.1, 0.15) is 5.75 Å². The summed E-state index contributed by atoms with van der Waals surface area (Å²) in [5.41, 5.74) is -2.06. The number of anilines is 1. The van der Waals surface area contributed by atoms with Crippen molar-refractivity contribution in [2.75, 3.05) is 5.32 Å². The summed E-state index contributed by atoms with van der Waals surface area (Å²) in [7, 11) is 0. The van der Waals surface area contributed by atoms with Crippen molar-refractivity contribution in [1.82, 2.24) is 4.98 Å². The quantitative estimate of drug-likeness (QED) is 0.887. The second kappa shape index (κ2) is 5.61. The Balaban J connectivity index is 2.41. The van der Waals surface area contributed by atoms with Crippen LogP contribution >= 0.6 is 11.6 Å². The molecule has 0 radical (unpaired) electrons. The second-order valence-corrected chi connectivity index (χ2v) is 4.39. The van der Waals surface area contributed by atoms with Crippen LogP contribution in [0.1, 0.15) is 16.1 Å². The molecule has 2 aromatic rings. The zero-order valence-corrected chi connectivity index (χ0v) is 11.0. The lowest BCUT2D eigenvalue weighted by Gasteiger charge is -2.15. The number of para-hydroxylation sites is 1. The highest BCUT2D eigenvalue weighted by atomic mass is 35.5. The number of aromatic hydroxyl groups is 1. The molecule has 1 aromatic heterocycles. The molecule has 110 valence electrons. The number of hydrogen-bond acceptors (Lipinski definition) is 3. The number of benzene rings is 1. The minimum atomic E-state index is -4.68. The Morgan fingerprint density at radius 3 is 2.57 bits per heavy atom. The van der Waals surface area contributed by atoms with Gasteiger partial charge in [-0.15, -0.1) is 0 Å². The first kappa shape index (κ1) is 15.1. The summed E-state index contributed by atoms with van der Waals surface area (Å²) in [5.74, 6) is -1.44. The largest absolute Gasteiger partial charge is 0.505 e. The van der Waals surface area contributed by atoms with E-state index in [1.165, 1.54) is 24.4 Å². The van der Waals surface area contributed by atoms with Crippen molar-refractivity contribution in [1.29, 1.82) is 0 Å². The minimum Gasteiger partial charge on any atom is -0.505 e. The molecule has 0 bridgehead atoms. The van der Waals surface area contributed by atoms with Crippen molar-refractivity contribution >= 4 is 23.2 Å².